The molecule has 1 atom stereocenters. The molecule has 84 valence electrons. The van der Waals surface area contributed by atoms with Gasteiger partial charge in [-0.25, -0.2) is 0 Å². The van der Waals surface area contributed by atoms with Gasteiger partial charge in [0.15, 0.2) is 0 Å². The van der Waals surface area contributed by atoms with E-state index in [1.165, 1.54) is 25.2 Å². The SMILES string of the molecule is CC[Si](CC)(CC)CC(C)C(=O)OC. The van der Waals surface area contributed by atoms with Crippen molar-refractivity contribution in [1.82, 2.24) is 0 Å². The third-order valence-corrected chi connectivity index (χ3v) is 9.57. The van der Waals surface area contributed by atoms with Crippen LogP contribution >= 0.6 is 0 Å². The molecule has 0 aromatic carbocycles. The number of rotatable bonds is 6. The van der Waals surface area contributed by atoms with Crippen LogP contribution in [-0.2, 0) is 9.53 Å². The van der Waals surface area contributed by atoms with Crippen molar-refractivity contribution in [2.45, 2.75) is 51.9 Å². The second-order valence-electron chi connectivity index (χ2n) is 4.19. The first kappa shape index (κ1) is 13.7. The Morgan fingerprint density at radius 1 is 1.21 bits per heavy atom. The van der Waals surface area contributed by atoms with E-state index in [9.17, 15) is 4.79 Å². The fourth-order valence-corrected chi connectivity index (χ4v) is 5.95. The van der Waals surface area contributed by atoms with Crippen LogP contribution in [0.4, 0.5) is 0 Å². The molecule has 0 fully saturated rings. The molecule has 0 radical (unpaired) electrons. The minimum atomic E-state index is -1.16. The van der Waals surface area contributed by atoms with Crippen LogP contribution in [0.1, 0.15) is 27.7 Å². The van der Waals surface area contributed by atoms with Crippen molar-refractivity contribution in [2.24, 2.45) is 5.92 Å². The van der Waals surface area contributed by atoms with Crippen LogP contribution in [0, 0.1) is 5.92 Å². The highest BCUT2D eigenvalue weighted by Crippen LogP contribution is 2.29. The number of carbonyl (C=O) groups is 1. The first-order valence-corrected chi connectivity index (χ1v) is 8.45. The molecule has 3 heteroatoms. The molecule has 0 N–H and O–H groups in total. The predicted octanol–water partition coefficient (Wildman–Crippen LogP) is 3.30. The van der Waals surface area contributed by atoms with Crippen LogP contribution in [0.5, 0.6) is 0 Å². The molecular formula is C11H24O2Si. The Morgan fingerprint density at radius 3 is 1.93 bits per heavy atom. The van der Waals surface area contributed by atoms with Gasteiger partial charge in [0, 0.05) is 0 Å². The number of esters is 1. The first-order valence-electron chi connectivity index (χ1n) is 5.63. The van der Waals surface area contributed by atoms with E-state index < -0.39 is 8.07 Å². The fraction of sp³-hybridized carbons (Fsp3) is 0.909. The van der Waals surface area contributed by atoms with Gasteiger partial charge in [0.1, 0.15) is 0 Å². The molecule has 0 rings (SSSR count). The van der Waals surface area contributed by atoms with E-state index in [2.05, 4.69) is 20.8 Å². The fourth-order valence-electron chi connectivity index (χ4n) is 2.12. The molecule has 0 aromatic heterocycles. The number of methoxy groups -OCH3 is 1. The summed E-state index contributed by atoms with van der Waals surface area (Å²) in [6.45, 7) is 8.80. The highest BCUT2D eigenvalue weighted by molar-refractivity contribution is 6.79. The monoisotopic (exact) mass is 216 g/mol. The second-order valence-corrected chi connectivity index (χ2v) is 9.72. The largest absolute Gasteiger partial charge is 0.469 e. The Bertz CT molecular complexity index is 168. The molecule has 0 saturated heterocycles. The summed E-state index contributed by atoms with van der Waals surface area (Å²) in [4.78, 5) is 11.3. The van der Waals surface area contributed by atoms with Gasteiger partial charge in [-0.2, -0.15) is 0 Å². The van der Waals surface area contributed by atoms with Crippen molar-refractivity contribution in [3.63, 3.8) is 0 Å². The highest BCUT2D eigenvalue weighted by atomic mass is 28.3. The van der Waals surface area contributed by atoms with Gasteiger partial charge in [-0.05, 0) is 6.04 Å². The number of hydrogen-bond acceptors (Lipinski definition) is 2. The number of ether oxygens (including phenoxy) is 1. The van der Waals surface area contributed by atoms with E-state index in [4.69, 9.17) is 4.74 Å². The Balaban J connectivity index is 4.36. The normalized spacial score (nSPS) is 13.8. The lowest BCUT2D eigenvalue weighted by molar-refractivity contribution is -0.144. The van der Waals surface area contributed by atoms with Crippen molar-refractivity contribution in [1.29, 1.82) is 0 Å². The van der Waals surface area contributed by atoms with E-state index >= 15 is 0 Å². The van der Waals surface area contributed by atoms with Gasteiger partial charge >= 0.3 is 5.97 Å². The maximum atomic E-state index is 11.3. The zero-order chi connectivity index (χ0) is 11.2. The van der Waals surface area contributed by atoms with Gasteiger partial charge in [-0.1, -0.05) is 45.8 Å². The van der Waals surface area contributed by atoms with Crippen LogP contribution in [-0.4, -0.2) is 21.2 Å². The van der Waals surface area contributed by atoms with Crippen molar-refractivity contribution in [2.75, 3.05) is 7.11 Å². The minimum Gasteiger partial charge on any atom is -0.469 e. The number of hydrogen-bond donors (Lipinski definition) is 0. The number of carbonyl (C=O) groups excluding carboxylic acids is 1. The predicted molar refractivity (Wildman–Crippen MR) is 63.2 cm³/mol. The molecule has 0 saturated carbocycles. The van der Waals surface area contributed by atoms with Crippen LogP contribution < -0.4 is 0 Å². The lowest BCUT2D eigenvalue weighted by Crippen LogP contribution is -2.35. The molecule has 0 aliphatic carbocycles. The molecule has 0 aromatic rings. The molecule has 14 heavy (non-hydrogen) atoms. The molecule has 1 unspecified atom stereocenters. The molecular weight excluding hydrogens is 192 g/mol. The zero-order valence-corrected chi connectivity index (χ0v) is 11.2. The third kappa shape index (κ3) is 3.44. The van der Waals surface area contributed by atoms with E-state index in [-0.39, 0.29) is 11.9 Å². The highest BCUT2D eigenvalue weighted by Gasteiger charge is 2.31. The minimum absolute atomic E-state index is 0.0442. The Morgan fingerprint density at radius 2 is 1.64 bits per heavy atom. The third-order valence-electron chi connectivity index (χ3n) is 3.59. The molecule has 0 spiro atoms. The quantitative estimate of drug-likeness (QED) is 0.503. The molecule has 0 amide bonds. The van der Waals surface area contributed by atoms with E-state index in [0.717, 1.165) is 6.04 Å². The summed E-state index contributed by atoms with van der Waals surface area (Å²) in [5, 5.41) is 0. The first-order chi connectivity index (χ1) is 6.55. The van der Waals surface area contributed by atoms with Gasteiger partial charge in [0.25, 0.3) is 0 Å². The van der Waals surface area contributed by atoms with Crippen LogP contribution in [0.25, 0.3) is 0 Å². The Hall–Kier alpha value is -0.313. The summed E-state index contributed by atoms with van der Waals surface area (Å²) in [5.74, 6) is 0.0451. The van der Waals surface area contributed by atoms with Crippen LogP contribution in [0.3, 0.4) is 0 Å². The standard InChI is InChI=1S/C11H24O2Si/c1-6-14(7-2,8-3)9-10(4)11(12)13-5/h10H,6-9H2,1-5H3. The molecule has 0 aliphatic heterocycles. The van der Waals surface area contributed by atoms with Crippen molar-refractivity contribution in [3.8, 4) is 0 Å². The smallest absolute Gasteiger partial charge is 0.308 e. The van der Waals surface area contributed by atoms with E-state index in [0.29, 0.717) is 0 Å². The Kier molecular flexibility index (Phi) is 6.08. The maximum Gasteiger partial charge on any atom is 0.308 e. The van der Waals surface area contributed by atoms with Crippen LogP contribution in [0.2, 0.25) is 24.2 Å². The maximum absolute atomic E-state index is 11.3. The molecule has 0 aliphatic rings. The lowest BCUT2D eigenvalue weighted by atomic mass is 10.2. The van der Waals surface area contributed by atoms with Crippen molar-refractivity contribution < 1.29 is 9.53 Å². The second kappa shape index (κ2) is 6.22. The molecule has 0 bridgehead atoms. The van der Waals surface area contributed by atoms with E-state index in [1.54, 1.807) is 0 Å². The lowest BCUT2D eigenvalue weighted by Gasteiger charge is -2.30. The van der Waals surface area contributed by atoms with E-state index in [1.807, 2.05) is 6.92 Å². The summed E-state index contributed by atoms with van der Waals surface area (Å²) in [6, 6.07) is 4.92. The van der Waals surface area contributed by atoms with Gasteiger partial charge in [0.05, 0.1) is 21.1 Å². The molecule has 0 heterocycles. The van der Waals surface area contributed by atoms with Gasteiger partial charge in [-0.3, -0.25) is 4.79 Å². The average molecular weight is 216 g/mol. The van der Waals surface area contributed by atoms with Gasteiger partial charge in [0.2, 0.25) is 0 Å². The topological polar surface area (TPSA) is 26.3 Å². The summed E-state index contributed by atoms with van der Waals surface area (Å²) in [7, 11) is 0.318. The zero-order valence-electron chi connectivity index (χ0n) is 10.2. The molecule has 2 nitrogen and oxygen atoms in total. The van der Waals surface area contributed by atoms with Gasteiger partial charge < -0.3 is 4.74 Å². The van der Waals surface area contributed by atoms with Crippen LogP contribution in [0.15, 0.2) is 0 Å². The summed E-state index contributed by atoms with van der Waals surface area (Å²) in [6.07, 6.45) is 0. The summed E-state index contributed by atoms with van der Waals surface area (Å²) >= 11 is 0. The average Bonchev–Trinajstić information content (AvgIpc) is 2.24. The summed E-state index contributed by atoms with van der Waals surface area (Å²) in [5.41, 5.74) is 0. The van der Waals surface area contributed by atoms with Gasteiger partial charge in [-0.15, -0.1) is 0 Å². The summed E-state index contributed by atoms with van der Waals surface area (Å²) < 4.78 is 4.77. The van der Waals surface area contributed by atoms with Crippen molar-refractivity contribution >= 4 is 14.0 Å². The Labute approximate surface area is 89.0 Å². The van der Waals surface area contributed by atoms with Crippen molar-refractivity contribution in [3.05, 3.63) is 0 Å².